The minimum Gasteiger partial charge on any atom is -0.480 e. The maximum atomic E-state index is 11.2. The number of carboxylic acids is 1. The zero-order valence-corrected chi connectivity index (χ0v) is 9.61. The highest BCUT2D eigenvalue weighted by Gasteiger charge is 2.23. The molecule has 0 aliphatic rings. The van der Waals surface area contributed by atoms with Gasteiger partial charge in [-0.2, -0.15) is 0 Å². The van der Waals surface area contributed by atoms with Crippen LogP contribution in [0.3, 0.4) is 0 Å². The van der Waals surface area contributed by atoms with Crippen LogP contribution in [0, 0.1) is 0 Å². The Balaban J connectivity index is 4.01. The molecule has 0 aromatic rings. The van der Waals surface area contributed by atoms with Crippen molar-refractivity contribution in [1.82, 2.24) is 5.09 Å². The molecular formula is C5H12NO4PS2. The number of aliphatic carboxylic acids is 1. The topological polar surface area (TPSA) is 86.6 Å². The van der Waals surface area contributed by atoms with Crippen LogP contribution in [0.2, 0.25) is 0 Å². The zero-order valence-electron chi connectivity index (χ0n) is 7.01. The van der Waals surface area contributed by atoms with Crippen LogP contribution in [0.5, 0.6) is 0 Å². The number of carbonyl (C=O) groups is 1. The van der Waals surface area contributed by atoms with Gasteiger partial charge in [0.2, 0.25) is 0 Å². The second kappa shape index (κ2) is 5.93. The van der Waals surface area contributed by atoms with E-state index < -0.39 is 19.5 Å². The first kappa shape index (κ1) is 13.3. The molecule has 0 spiro atoms. The monoisotopic (exact) mass is 245 g/mol. The Hall–Kier alpha value is 0.320. The van der Waals surface area contributed by atoms with Crippen LogP contribution < -0.4 is 5.09 Å². The summed E-state index contributed by atoms with van der Waals surface area (Å²) in [6.45, 7) is 1.32. The van der Waals surface area contributed by atoms with E-state index >= 15 is 0 Å². The van der Waals surface area contributed by atoms with Crippen LogP contribution in [0.1, 0.15) is 6.92 Å². The minimum absolute atomic E-state index is 0.0127. The summed E-state index contributed by atoms with van der Waals surface area (Å²) in [6, 6.07) is -1.01. The summed E-state index contributed by atoms with van der Waals surface area (Å²) in [5.74, 6) is -0.747. The molecule has 0 aliphatic heterocycles. The Kier molecular flexibility index (Phi) is 6.07. The lowest BCUT2D eigenvalue weighted by Gasteiger charge is -2.15. The van der Waals surface area contributed by atoms with Crippen LogP contribution >= 0.6 is 30.0 Å². The first-order valence-corrected chi connectivity index (χ1v) is 7.36. The van der Waals surface area contributed by atoms with Crippen LogP contribution in [-0.4, -0.2) is 33.9 Å². The number of rotatable bonds is 6. The molecule has 1 unspecified atom stereocenters. The molecule has 0 aromatic carbocycles. The lowest BCUT2D eigenvalue weighted by molar-refractivity contribution is -0.138. The fourth-order valence-corrected chi connectivity index (χ4v) is 3.48. The van der Waals surface area contributed by atoms with Gasteiger partial charge in [0.05, 0.1) is 0 Å². The van der Waals surface area contributed by atoms with Crippen molar-refractivity contribution in [1.29, 1.82) is 0 Å². The van der Waals surface area contributed by atoms with Crippen molar-refractivity contribution in [3.05, 3.63) is 0 Å². The second-order valence-corrected chi connectivity index (χ2v) is 6.00. The van der Waals surface area contributed by atoms with E-state index in [4.69, 9.17) is 5.11 Å². The Morgan fingerprint density at radius 3 is 2.69 bits per heavy atom. The summed E-state index contributed by atoms with van der Waals surface area (Å²) in [4.78, 5) is 19.5. The normalized spacial score (nSPS) is 17.8. The average molecular weight is 245 g/mol. The predicted octanol–water partition coefficient (Wildman–Crippen LogP) is 0.812. The first-order chi connectivity index (χ1) is 5.89. The minimum atomic E-state index is -3.52. The van der Waals surface area contributed by atoms with E-state index in [0.717, 1.165) is 10.8 Å². The summed E-state index contributed by atoms with van der Waals surface area (Å²) in [7, 11) is -2.38. The fourth-order valence-electron chi connectivity index (χ4n) is 0.587. The number of thiol groups is 1. The molecule has 3 N–H and O–H groups in total. The third kappa shape index (κ3) is 6.40. The summed E-state index contributed by atoms with van der Waals surface area (Å²) in [5.41, 5.74) is 0. The van der Waals surface area contributed by atoms with Crippen LogP contribution in [0.25, 0.3) is 0 Å². The summed E-state index contributed by atoms with van der Waals surface area (Å²) in [5, 5.41) is 10.6. The molecule has 0 aromatic heterocycles. The van der Waals surface area contributed by atoms with Crippen LogP contribution in [0.15, 0.2) is 0 Å². The van der Waals surface area contributed by atoms with Gasteiger partial charge in [0.25, 0.3) is 7.52 Å². The van der Waals surface area contributed by atoms with Crippen molar-refractivity contribution in [2.75, 3.05) is 11.9 Å². The van der Waals surface area contributed by atoms with E-state index in [2.05, 4.69) is 16.7 Å². The number of hydrogen-bond donors (Lipinski definition) is 4. The highest BCUT2D eigenvalue weighted by molar-refractivity contribution is 8.68. The van der Waals surface area contributed by atoms with Crippen LogP contribution in [-0.2, 0) is 9.36 Å². The van der Waals surface area contributed by atoms with Gasteiger partial charge < -0.3 is 10.00 Å². The van der Waals surface area contributed by atoms with E-state index in [1.54, 1.807) is 0 Å². The van der Waals surface area contributed by atoms with Gasteiger partial charge in [-0.15, -0.1) is 11.7 Å². The van der Waals surface area contributed by atoms with Crippen LogP contribution in [0.4, 0.5) is 0 Å². The smallest absolute Gasteiger partial charge is 0.320 e. The molecule has 0 saturated carbocycles. The van der Waals surface area contributed by atoms with E-state index in [1.165, 1.54) is 6.92 Å². The highest BCUT2D eigenvalue weighted by atomic mass is 33.1. The van der Waals surface area contributed by atoms with Gasteiger partial charge >= 0.3 is 5.97 Å². The van der Waals surface area contributed by atoms with Crippen molar-refractivity contribution in [2.24, 2.45) is 0 Å². The quantitative estimate of drug-likeness (QED) is 0.315. The van der Waals surface area contributed by atoms with Gasteiger partial charge in [-0.3, -0.25) is 9.36 Å². The van der Waals surface area contributed by atoms with Gasteiger partial charge in [-0.05, 0) is 6.92 Å². The lowest BCUT2D eigenvalue weighted by Crippen LogP contribution is -2.32. The standard InChI is InChI=1S/C5H12NO4PS2/c1-4(5(7)8)6-11(9,10)2-3-13-12/h4,12H,2-3H2,1H3,(H,7,8)(H2,6,9,10)/t4-/m0/s1. The zero-order chi connectivity index (χ0) is 10.5. The van der Waals surface area contributed by atoms with E-state index in [-0.39, 0.29) is 6.16 Å². The maximum absolute atomic E-state index is 11.2. The van der Waals surface area contributed by atoms with Gasteiger partial charge in [0.15, 0.2) is 0 Å². The van der Waals surface area contributed by atoms with Crippen molar-refractivity contribution >= 4 is 35.9 Å². The molecule has 0 fully saturated rings. The van der Waals surface area contributed by atoms with Crippen molar-refractivity contribution in [3.8, 4) is 0 Å². The molecule has 0 aliphatic carbocycles. The molecule has 0 amide bonds. The number of nitrogens with one attached hydrogen (secondary N) is 1. The SMILES string of the molecule is C[C@H](NP(=O)(O)CCSS)C(=O)O. The summed E-state index contributed by atoms with van der Waals surface area (Å²) >= 11 is 3.80. The predicted molar refractivity (Wildman–Crippen MR) is 56.4 cm³/mol. The van der Waals surface area contributed by atoms with E-state index in [9.17, 15) is 14.3 Å². The van der Waals surface area contributed by atoms with Gasteiger partial charge in [0, 0.05) is 11.9 Å². The first-order valence-electron chi connectivity index (χ1n) is 3.48. The highest BCUT2D eigenvalue weighted by Crippen LogP contribution is 2.36. The molecule has 0 bridgehead atoms. The summed E-state index contributed by atoms with van der Waals surface area (Å²) < 4.78 is 11.2. The molecule has 13 heavy (non-hydrogen) atoms. The second-order valence-electron chi connectivity index (χ2n) is 2.45. The molecule has 0 radical (unpaired) electrons. The third-order valence-electron chi connectivity index (χ3n) is 1.25. The Morgan fingerprint density at radius 2 is 2.31 bits per heavy atom. The average Bonchev–Trinajstić information content (AvgIpc) is 2.00. The molecule has 2 atom stereocenters. The van der Waals surface area contributed by atoms with Gasteiger partial charge in [-0.1, -0.05) is 10.8 Å². The van der Waals surface area contributed by atoms with E-state index in [1.807, 2.05) is 0 Å². The summed E-state index contributed by atoms with van der Waals surface area (Å²) in [6.07, 6.45) is 0.0127. The molecule has 0 rings (SSSR count). The molecule has 8 heteroatoms. The lowest BCUT2D eigenvalue weighted by atomic mass is 10.4. The molecule has 0 saturated heterocycles. The maximum Gasteiger partial charge on any atom is 0.320 e. The molecular weight excluding hydrogens is 233 g/mol. The van der Waals surface area contributed by atoms with Crippen molar-refractivity contribution in [2.45, 2.75) is 13.0 Å². The van der Waals surface area contributed by atoms with Crippen molar-refractivity contribution < 1.29 is 19.4 Å². The van der Waals surface area contributed by atoms with E-state index in [0.29, 0.717) is 5.75 Å². The molecule has 5 nitrogen and oxygen atoms in total. The Morgan fingerprint density at radius 1 is 1.77 bits per heavy atom. The fraction of sp³-hybridized carbons (Fsp3) is 0.800. The number of carboxylic acid groups (broad SMARTS) is 1. The number of hydrogen-bond acceptors (Lipinski definition) is 4. The largest absolute Gasteiger partial charge is 0.480 e. The molecule has 0 heterocycles. The Bertz CT molecular complexity index is 225. The van der Waals surface area contributed by atoms with Gasteiger partial charge in [0.1, 0.15) is 6.04 Å². The molecule has 78 valence electrons. The Labute approximate surface area is 85.6 Å². The third-order valence-corrected chi connectivity index (χ3v) is 4.11. The van der Waals surface area contributed by atoms with Gasteiger partial charge in [-0.25, -0.2) is 5.09 Å². The van der Waals surface area contributed by atoms with Crippen molar-refractivity contribution in [3.63, 3.8) is 0 Å².